The van der Waals surface area contributed by atoms with Crippen molar-refractivity contribution in [2.24, 2.45) is 0 Å². The molecule has 0 fully saturated rings. The third-order valence-corrected chi connectivity index (χ3v) is 3.40. The van der Waals surface area contributed by atoms with Crippen LogP contribution in [0.3, 0.4) is 0 Å². The van der Waals surface area contributed by atoms with E-state index in [4.69, 9.17) is 11.6 Å². The minimum Gasteiger partial charge on any atom is -0.508 e. The van der Waals surface area contributed by atoms with Gasteiger partial charge >= 0.3 is 0 Å². The molecular weight excluding hydrogens is 292 g/mol. The fraction of sp³-hybridized carbons (Fsp3) is 0.200. The number of phenolic OH excluding ortho intramolecular Hbond substituents is 1. The number of anilines is 1. The number of benzene rings is 2. The Morgan fingerprint density at radius 3 is 2.71 bits per heavy atom. The summed E-state index contributed by atoms with van der Waals surface area (Å²) in [7, 11) is 0. The lowest BCUT2D eigenvalue weighted by Crippen LogP contribution is -2.11. The average Bonchev–Trinajstić information content (AvgIpc) is 2.45. The molecule has 0 aliphatic rings. The summed E-state index contributed by atoms with van der Waals surface area (Å²) in [5.41, 5.74) is 1.16. The van der Waals surface area contributed by atoms with Gasteiger partial charge in [-0.3, -0.25) is 10.1 Å². The maximum absolute atomic E-state index is 11.1. The van der Waals surface area contributed by atoms with E-state index in [0.29, 0.717) is 10.7 Å². The normalized spacial score (nSPS) is 11.9. The number of nitro groups is 1. The molecule has 0 amide bonds. The van der Waals surface area contributed by atoms with Crippen LogP contribution >= 0.6 is 11.6 Å². The van der Waals surface area contributed by atoms with Crippen LogP contribution in [0.25, 0.3) is 0 Å². The van der Waals surface area contributed by atoms with Crippen molar-refractivity contribution < 1.29 is 10.0 Å². The molecule has 0 aliphatic carbocycles. The Morgan fingerprint density at radius 1 is 1.33 bits per heavy atom. The number of nitrogens with zero attached hydrogens (tertiary/aromatic N) is 1. The molecule has 21 heavy (non-hydrogen) atoms. The maximum Gasteiger partial charge on any atom is 0.296 e. The molecule has 2 aromatic carbocycles. The first kappa shape index (κ1) is 15.1. The van der Waals surface area contributed by atoms with Gasteiger partial charge in [-0.2, -0.15) is 0 Å². The Bertz CT molecular complexity index is 661. The van der Waals surface area contributed by atoms with Crippen LogP contribution in [-0.2, 0) is 0 Å². The van der Waals surface area contributed by atoms with Crippen LogP contribution in [0.4, 0.5) is 11.4 Å². The lowest BCUT2D eigenvalue weighted by molar-refractivity contribution is -0.384. The largest absolute Gasteiger partial charge is 0.508 e. The molecule has 6 heteroatoms. The van der Waals surface area contributed by atoms with Crippen molar-refractivity contribution in [3.63, 3.8) is 0 Å². The van der Waals surface area contributed by atoms with E-state index in [1.165, 1.54) is 12.1 Å². The number of nitro benzene ring substituents is 1. The molecule has 0 spiro atoms. The molecule has 0 saturated carbocycles. The van der Waals surface area contributed by atoms with Crippen molar-refractivity contribution in [3.05, 3.63) is 63.2 Å². The summed E-state index contributed by atoms with van der Waals surface area (Å²) >= 11 is 5.98. The van der Waals surface area contributed by atoms with E-state index in [0.717, 1.165) is 18.1 Å². The highest BCUT2D eigenvalue weighted by atomic mass is 35.5. The van der Waals surface area contributed by atoms with Gasteiger partial charge in [-0.05, 0) is 36.2 Å². The molecule has 0 aromatic heterocycles. The zero-order chi connectivity index (χ0) is 15.4. The third-order valence-electron chi connectivity index (χ3n) is 3.17. The summed E-state index contributed by atoms with van der Waals surface area (Å²) in [4.78, 5) is 10.5. The molecular formula is C15H15ClN2O3. The zero-order valence-corrected chi connectivity index (χ0v) is 12.2. The molecule has 0 heterocycles. The highest BCUT2D eigenvalue weighted by Gasteiger charge is 2.18. The van der Waals surface area contributed by atoms with Gasteiger partial charge in [0.15, 0.2) is 0 Å². The zero-order valence-electron chi connectivity index (χ0n) is 11.4. The number of halogens is 1. The minimum absolute atomic E-state index is 0.105. The van der Waals surface area contributed by atoms with Gasteiger partial charge in [0, 0.05) is 5.02 Å². The van der Waals surface area contributed by atoms with Gasteiger partial charge in [-0.1, -0.05) is 30.7 Å². The van der Waals surface area contributed by atoms with Gasteiger partial charge in [-0.15, -0.1) is 0 Å². The smallest absolute Gasteiger partial charge is 0.296 e. The van der Waals surface area contributed by atoms with Crippen LogP contribution in [0, 0.1) is 10.1 Å². The molecule has 2 N–H and O–H groups in total. The first-order valence-electron chi connectivity index (χ1n) is 6.50. The van der Waals surface area contributed by atoms with E-state index in [2.05, 4.69) is 5.32 Å². The van der Waals surface area contributed by atoms with Crippen LogP contribution in [0.15, 0.2) is 42.5 Å². The summed E-state index contributed by atoms with van der Waals surface area (Å²) in [6, 6.07) is 11.3. The summed E-state index contributed by atoms with van der Waals surface area (Å²) in [6.45, 7) is 1.98. The summed E-state index contributed by atoms with van der Waals surface area (Å²) in [6.07, 6.45) is 0.734. The number of rotatable bonds is 5. The van der Waals surface area contributed by atoms with Gasteiger partial charge in [0.05, 0.1) is 17.0 Å². The number of nitrogens with one attached hydrogen (secondary N) is 1. The lowest BCUT2D eigenvalue weighted by Gasteiger charge is -2.19. The number of phenols is 1. The average molecular weight is 307 g/mol. The Hall–Kier alpha value is -2.27. The predicted octanol–water partition coefficient (Wildman–Crippen LogP) is 4.52. The van der Waals surface area contributed by atoms with E-state index < -0.39 is 4.92 Å². The summed E-state index contributed by atoms with van der Waals surface area (Å²) in [5.74, 6) is -0.136. The lowest BCUT2D eigenvalue weighted by atomic mass is 10.0. The Balaban J connectivity index is 2.33. The van der Waals surface area contributed by atoms with Gasteiger partial charge in [0.1, 0.15) is 11.4 Å². The molecule has 0 bridgehead atoms. The number of hydrogen-bond donors (Lipinski definition) is 2. The predicted molar refractivity (Wildman–Crippen MR) is 82.9 cm³/mol. The van der Waals surface area contributed by atoms with Crippen molar-refractivity contribution in [1.29, 1.82) is 0 Å². The van der Waals surface area contributed by atoms with E-state index in [1.807, 2.05) is 25.1 Å². The van der Waals surface area contributed by atoms with Crippen molar-refractivity contribution in [1.82, 2.24) is 0 Å². The molecule has 0 radical (unpaired) electrons. The second-order valence-electron chi connectivity index (χ2n) is 4.62. The van der Waals surface area contributed by atoms with Crippen LogP contribution < -0.4 is 5.32 Å². The van der Waals surface area contributed by atoms with Crippen LogP contribution in [0.2, 0.25) is 5.02 Å². The topological polar surface area (TPSA) is 75.4 Å². The molecule has 0 saturated heterocycles. The molecule has 2 aromatic rings. The van der Waals surface area contributed by atoms with Crippen molar-refractivity contribution >= 4 is 23.0 Å². The fourth-order valence-corrected chi connectivity index (χ4v) is 2.32. The van der Waals surface area contributed by atoms with Gasteiger partial charge < -0.3 is 10.4 Å². The Kier molecular flexibility index (Phi) is 4.65. The van der Waals surface area contributed by atoms with Crippen molar-refractivity contribution in [3.8, 4) is 5.75 Å². The third kappa shape index (κ3) is 3.64. The number of aromatic hydroxyl groups is 1. The summed E-state index contributed by atoms with van der Waals surface area (Å²) < 4.78 is 0. The van der Waals surface area contributed by atoms with Crippen molar-refractivity contribution in [2.75, 3.05) is 5.32 Å². The van der Waals surface area contributed by atoms with E-state index in [9.17, 15) is 15.2 Å². The maximum atomic E-state index is 11.1. The van der Waals surface area contributed by atoms with Crippen LogP contribution in [-0.4, -0.2) is 10.0 Å². The standard InChI is InChI=1S/C15H15ClN2O3/c1-2-13(10-4-3-5-11(16)8-10)17-14-7-6-12(19)9-15(14)18(20)21/h3-9,13,17,19H,2H2,1H3. The number of hydrogen-bond acceptors (Lipinski definition) is 4. The van der Waals surface area contributed by atoms with E-state index >= 15 is 0 Å². The van der Waals surface area contributed by atoms with Crippen LogP contribution in [0.1, 0.15) is 24.9 Å². The van der Waals surface area contributed by atoms with Gasteiger partial charge in [0.25, 0.3) is 5.69 Å². The Labute approximate surface area is 127 Å². The quantitative estimate of drug-likeness (QED) is 0.484. The van der Waals surface area contributed by atoms with Gasteiger partial charge in [-0.25, -0.2) is 0 Å². The highest BCUT2D eigenvalue weighted by molar-refractivity contribution is 6.30. The van der Waals surface area contributed by atoms with E-state index in [-0.39, 0.29) is 17.5 Å². The van der Waals surface area contributed by atoms with Gasteiger partial charge in [0.2, 0.25) is 0 Å². The van der Waals surface area contributed by atoms with Crippen LogP contribution in [0.5, 0.6) is 5.75 Å². The highest BCUT2D eigenvalue weighted by Crippen LogP contribution is 2.32. The summed E-state index contributed by atoms with van der Waals surface area (Å²) in [5, 5.41) is 24.2. The van der Waals surface area contributed by atoms with Crippen molar-refractivity contribution in [2.45, 2.75) is 19.4 Å². The SMILES string of the molecule is CCC(Nc1ccc(O)cc1[N+](=O)[O-])c1cccc(Cl)c1. The molecule has 1 unspecified atom stereocenters. The van der Waals surface area contributed by atoms with E-state index in [1.54, 1.807) is 6.07 Å². The minimum atomic E-state index is -0.521. The first-order valence-corrected chi connectivity index (χ1v) is 6.88. The first-order chi connectivity index (χ1) is 10.0. The molecule has 5 nitrogen and oxygen atoms in total. The second-order valence-corrected chi connectivity index (χ2v) is 5.06. The Morgan fingerprint density at radius 2 is 2.10 bits per heavy atom. The monoisotopic (exact) mass is 306 g/mol. The second kappa shape index (κ2) is 6.45. The molecule has 0 aliphatic heterocycles. The fourth-order valence-electron chi connectivity index (χ4n) is 2.13. The molecule has 1 atom stereocenters. The molecule has 110 valence electrons. The molecule has 2 rings (SSSR count).